The van der Waals surface area contributed by atoms with E-state index in [0.29, 0.717) is 18.7 Å². The molecule has 1 aliphatic rings. The van der Waals surface area contributed by atoms with Gasteiger partial charge < -0.3 is 20.1 Å². The number of hydrogen-bond acceptors (Lipinski definition) is 5. The number of halogens is 1. The molecule has 1 fully saturated rings. The maximum Gasteiger partial charge on any atom is 0.411 e. The van der Waals surface area contributed by atoms with Crippen molar-refractivity contribution in [1.82, 2.24) is 15.1 Å². The monoisotopic (exact) mass is 499 g/mol. The summed E-state index contributed by atoms with van der Waals surface area (Å²) in [6.45, 7) is 7.61. The molecule has 1 aliphatic heterocycles. The number of phenolic OH excluding ortho intramolecular Hbond substituents is 1. The molecule has 8 nitrogen and oxygen atoms in total. The molecule has 1 saturated heterocycles. The number of nitrogens with one attached hydrogen (secondary N) is 1. The normalized spacial score (nSPS) is 17.0. The maximum atomic E-state index is 13.9. The molecule has 0 radical (unpaired) electrons. The van der Waals surface area contributed by atoms with E-state index in [1.54, 1.807) is 25.7 Å². The molecule has 2 atom stereocenters. The molecule has 3 amide bonds. The Kier molecular flexibility index (Phi) is 8.55. The van der Waals surface area contributed by atoms with Crippen molar-refractivity contribution in [3.05, 3.63) is 65.5 Å². The molecule has 194 valence electrons. The van der Waals surface area contributed by atoms with Crippen LogP contribution >= 0.6 is 0 Å². The molecule has 2 aromatic carbocycles. The van der Waals surface area contributed by atoms with E-state index < -0.39 is 29.6 Å². The molecule has 36 heavy (non-hydrogen) atoms. The van der Waals surface area contributed by atoms with Crippen LogP contribution in [-0.2, 0) is 27.3 Å². The van der Waals surface area contributed by atoms with Gasteiger partial charge >= 0.3 is 6.09 Å². The van der Waals surface area contributed by atoms with Gasteiger partial charge in [0.15, 0.2) is 0 Å². The van der Waals surface area contributed by atoms with E-state index in [1.807, 2.05) is 30.3 Å². The molecule has 2 aromatic rings. The summed E-state index contributed by atoms with van der Waals surface area (Å²) in [5.74, 6) is -1.42. The topological polar surface area (TPSA) is 99.2 Å². The fraction of sp³-hybridized carbons (Fsp3) is 0.444. The molecule has 0 aliphatic carbocycles. The summed E-state index contributed by atoms with van der Waals surface area (Å²) in [6, 6.07) is 11.7. The molecule has 0 saturated carbocycles. The highest BCUT2D eigenvalue weighted by atomic mass is 19.1. The van der Waals surface area contributed by atoms with Crippen LogP contribution in [0.25, 0.3) is 0 Å². The van der Waals surface area contributed by atoms with Gasteiger partial charge in [0, 0.05) is 38.7 Å². The zero-order valence-corrected chi connectivity index (χ0v) is 21.2. The van der Waals surface area contributed by atoms with E-state index in [-0.39, 0.29) is 37.0 Å². The molecule has 0 aromatic heterocycles. The molecule has 0 unspecified atom stereocenters. The number of rotatable bonds is 7. The van der Waals surface area contributed by atoms with Gasteiger partial charge in [-0.25, -0.2) is 9.18 Å². The average Bonchev–Trinajstić information content (AvgIpc) is 2.75. The van der Waals surface area contributed by atoms with Crippen LogP contribution in [0.3, 0.4) is 0 Å². The first-order valence-electron chi connectivity index (χ1n) is 12.0. The first-order chi connectivity index (χ1) is 16.9. The molecular weight excluding hydrogens is 465 g/mol. The van der Waals surface area contributed by atoms with Crippen LogP contribution in [0.15, 0.2) is 48.5 Å². The van der Waals surface area contributed by atoms with Crippen LogP contribution in [0.2, 0.25) is 0 Å². The first kappa shape index (κ1) is 27.0. The summed E-state index contributed by atoms with van der Waals surface area (Å²) < 4.78 is 19.4. The minimum Gasteiger partial charge on any atom is -0.508 e. The highest BCUT2D eigenvalue weighted by molar-refractivity contribution is 5.87. The van der Waals surface area contributed by atoms with Crippen LogP contribution < -0.4 is 5.32 Å². The molecule has 3 rings (SSSR count). The molecule has 9 heteroatoms. The minimum absolute atomic E-state index is 0.0974. The van der Waals surface area contributed by atoms with Crippen molar-refractivity contribution in [2.75, 3.05) is 13.1 Å². The number of carbonyl (C=O) groups is 3. The zero-order valence-electron chi connectivity index (χ0n) is 21.2. The fourth-order valence-electron chi connectivity index (χ4n) is 4.35. The third-order valence-corrected chi connectivity index (χ3v) is 5.77. The summed E-state index contributed by atoms with van der Waals surface area (Å²) in [7, 11) is 0. The molecule has 1 heterocycles. The van der Waals surface area contributed by atoms with Gasteiger partial charge in [0.2, 0.25) is 11.8 Å². The standard InChI is InChI=1S/C27H34FN3O5/c1-18(32)29-22(13-20-12-21(28)15-23(33)14-20)16-24-25(34)30(17-19-8-6-5-7-9-19)10-11-31(24)26(35)36-27(2,3)4/h5-9,12,14-15,22,24,33H,10-11,13,16-17H2,1-4H3,(H,29,32)/t22-,24-/m0/s1. The quantitative estimate of drug-likeness (QED) is 0.606. The lowest BCUT2D eigenvalue weighted by molar-refractivity contribution is -0.143. The number of aromatic hydroxyl groups is 1. The van der Waals surface area contributed by atoms with Crippen LogP contribution in [0, 0.1) is 5.82 Å². The highest BCUT2D eigenvalue weighted by Gasteiger charge is 2.40. The van der Waals surface area contributed by atoms with E-state index >= 15 is 0 Å². The zero-order chi connectivity index (χ0) is 26.5. The highest BCUT2D eigenvalue weighted by Crippen LogP contribution is 2.24. The first-order valence-corrected chi connectivity index (χ1v) is 12.0. The van der Waals surface area contributed by atoms with Gasteiger partial charge in [0.25, 0.3) is 0 Å². The lowest BCUT2D eigenvalue weighted by atomic mass is 9.96. The summed E-state index contributed by atoms with van der Waals surface area (Å²) in [5, 5.41) is 12.6. The maximum absolute atomic E-state index is 13.9. The number of hydrogen-bond donors (Lipinski definition) is 2. The van der Waals surface area contributed by atoms with Gasteiger partial charge in [-0.1, -0.05) is 30.3 Å². The van der Waals surface area contributed by atoms with Crippen LogP contribution in [0.1, 0.15) is 45.2 Å². The summed E-state index contributed by atoms with van der Waals surface area (Å²) >= 11 is 0. The van der Waals surface area contributed by atoms with Gasteiger partial charge in [-0.15, -0.1) is 0 Å². The number of phenols is 1. The summed E-state index contributed by atoms with van der Waals surface area (Å²) in [5.41, 5.74) is 0.672. The third-order valence-electron chi connectivity index (χ3n) is 5.77. The van der Waals surface area contributed by atoms with Crippen molar-refractivity contribution in [2.45, 2.75) is 64.8 Å². The van der Waals surface area contributed by atoms with E-state index in [4.69, 9.17) is 4.74 Å². The lowest BCUT2D eigenvalue weighted by Gasteiger charge is -2.42. The number of carbonyl (C=O) groups excluding carboxylic acids is 3. The van der Waals surface area contributed by atoms with E-state index in [0.717, 1.165) is 11.6 Å². The van der Waals surface area contributed by atoms with Crippen molar-refractivity contribution in [1.29, 1.82) is 0 Å². The second-order valence-corrected chi connectivity index (χ2v) is 10.1. The average molecular weight is 500 g/mol. The Labute approximate surface area is 211 Å². The summed E-state index contributed by atoms with van der Waals surface area (Å²) in [6.07, 6.45) is -0.347. The Hall–Kier alpha value is -3.62. The van der Waals surface area contributed by atoms with Crippen molar-refractivity contribution < 1.29 is 28.6 Å². The van der Waals surface area contributed by atoms with E-state index in [1.165, 1.54) is 24.0 Å². The van der Waals surface area contributed by atoms with Gasteiger partial charge in [0.1, 0.15) is 23.2 Å². The van der Waals surface area contributed by atoms with Crippen LogP contribution in [-0.4, -0.2) is 63.6 Å². The molecule has 0 spiro atoms. The predicted molar refractivity (Wildman–Crippen MR) is 133 cm³/mol. The Morgan fingerprint density at radius 3 is 2.44 bits per heavy atom. The number of piperazine rings is 1. The number of amides is 3. The Bertz CT molecular complexity index is 1070. The predicted octanol–water partition coefficient (Wildman–Crippen LogP) is 3.62. The molecule has 0 bridgehead atoms. The summed E-state index contributed by atoms with van der Waals surface area (Å²) in [4.78, 5) is 41.8. The van der Waals surface area contributed by atoms with Crippen LogP contribution in [0.5, 0.6) is 5.75 Å². The number of benzene rings is 2. The van der Waals surface area contributed by atoms with Gasteiger partial charge in [-0.05, 0) is 56.9 Å². The molecular formula is C27H34FN3O5. The van der Waals surface area contributed by atoms with Gasteiger partial charge in [-0.3, -0.25) is 14.5 Å². The van der Waals surface area contributed by atoms with Gasteiger partial charge in [-0.2, -0.15) is 0 Å². The Balaban J connectivity index is 1.88. The number of nitrogens with zero attached hydrogens (tertiary/aromatic N) is 2. The van der Waals surface area contributed by atoms with E-state index in [9.17, 15) is 23.9 Å². The minimum atomic E-state index is -0.892. The van der Waals surface area contributed by atoms with Crippen molar-refractivity contribution in [3.8, 4) is 5.75 Å². The second kappa shape index (κ2) is 11.4. The van der Waals surface area contributed by atoms with Crippen molar-refractivity contribution >= 4 is 17.9 Å². The lowest BCUT2D eigenvalue weighted by Crippen LogP contribution is -2.60. The second-order valence-electron chi connectivity index (χ2n) is 10.1. The third kappa shape index (κ3) is 7.69. The van der Waals surface area contributed by atoms with Crippen molar-refractivity contribution in [2.24, 2.45) is 0 Å². The number of ether oxygens (including phenoxy) is 1. The van der Waals surface area contributed by atoms with Gasteiger partial charge in [0.05, 0.1) is 0 Å². The SMILES string of the molecule is CC(=O)N[C@@H](Cc1cc(O)cc(F)c1)C[C@H]1C(=O)N(Cc2ccccc2)CCN1C(=O)OC(C)(C)C. The smallest absolute Gasteiger partial charge is 0.411 e. The Morgan fingerprint density at radius 2 is 1.83 bits per heavy atom. The Morgan fingerprint density at radius 1 is 1.14 bits per heavy atom. The fourth-order valence-corrected chi connectivity index (χ4v) is 4.35. The molecule has 2 N–H and O–H groups in total. The largest absolute Gasteiger partial charge is 0.508 e. The van der Waals surface area contributed by atoms with E-state index in [2.05, 4.69) is 5.32 Å². The van der Waals surface area contributed by atoms with Crippen LogP contribution in [0.4, 0.5) is 9.18 Å². The van der Waals surface area contributed by atoms with Crippen molar-refractivity contribution in [3.63, 3.8) is 0 Å².